The van der Waals surface area contributed by atoms with Crippen molar-refractivity contribution in [1.29, 1.82) is 0 Å². The molecule has 7 nitrogen and oxygen atoms in total. The number of hydrogen-bond acceptors (Lipinski definition) is 7. The third-order valence-corrected chi connectivity index (χ3v) is 7.65. The van der Waals surface area contributed by atoms with Crippen molar-refractivity contribution < 1.29 is 19.1 Å². The Hall–Kier alpha value is -5.92. The van der Waals surface area contributed by atoms with E-state index in [1.165, 1.54) is 0 Å². The highest BCUT2D eigenvalue weighted by atomic mass is 35.5. The summed E-state index contributed by atoms with van der Waals surface area (Å²) >= 11 is 6.91. The molecule has 0 aliphatic rings. The van der Waals surface area contributed by atoms with Crippen LogP contribution in [0.3, 0.4) is 0 Å². The van der Waals surface area contributed by atoms with E-state index in [2.05, 4.69) is 37.1 Å². The normalized spacial score (nSPS) is 10.7. The maximum Gasteiger partial charge on any atom is 0.330 e. The molecule has 0 heterocycles. The lowest BCUT2D eigenvalue weighted by atomic mass is 10.1. The van der Waals surface area contributed by atoms with Crippen LogP contribution in [-0.2, 0) is 32.3 Å². The van der Waals surface area contributed by atoms with Gasteiger partial charge in [0.1, 0.15) is 13.2 Å². The Morgan fingerprint density at radius 1 is 0.667 bits per heavy atom. The fraction of sp³-hybridized carbons (Fsp3) is 0.0750. The van der Waals surface area contributed by atoms with Gasteiger partial charge in [0.05, 0.1) is 22.6 Å². The highest BCUT2D eigenvalue weighted by Crippen LogP contribution is 2.37. The molecule has 0 amide bonds. The molecule has 0 saturated heterocycles. The molecule has 0 aliphatic carbocycles. The molecule has 0 spiro atoms. The van der Waals surface area contributed by atoms with Crippen molar-refractivity contribution >= 4 is 58.2 Å². The molecule has 0 aromatic heterocycles. The smallest absolute Gasteiger partial charge is 0.330 e. The van der Waals surface area contributed by atoms with Crippen LogP contribution in [0.25, 0.3) is 0 Å². The van der Waals surface area contributed by atoms with Crippen LogP contribution in [0.15, 0.2) is 152 Å². The van der Waals surface area contributed by atoms with Gasteiger partial charge in [-0.1, -0.05) is 84.9 Å². The molecule has 0 aliphatic heterocycles. The van der Waals surface area contributed by atoms with Gasteiger partial charge in [-0.3, -0.25) is 0 Å². The van der Waals surface area contributed by atoms with E-state index >= 15 is 0 Å². The highest BCUT2D eigenvalue weighted by molar-refractivity contribution is 6.33. The van der Waals surface area contributed by atoms with Gasteiger partial charge >= 0.3 is 11.9 Å². The average molecular weight is 656 g/mol. The molecule has 0 N–H and O–H groups in total. The molecule has 48 heavy (non-hydrogen) atoms. The zero-order valence-corrected chi connectivity index (χ0v) is 27.2. The summed E-state index contributed by atoms with van der Waals surface area (Å²) in [5, 5.41) is 7.22. The summed E-state index contributed by atoms with van der Waals surface area (Å²) in [6.07, 6.45) is 4.03. The number of esters is 2. The number of anilines is 5. The minimum Gasteiger partial charge on any atom is -0.458 e. The van der Waals surface area contributed by atoms with E-state index in [1.807, 2.05) is 114 Å². The predicted molar refractivity (Wildman–Crippen MR) is 193 cm³/mol. The molecule has 0 atom stereocenters. The van der Waals surface area contributed by atoms with Crippen molar-refractivity contribution in [3.63, 3.8) is 0 Å². The second-order valence-electron chi connectivity index (χ2n) is 10.7. The number of benzene rings is 5. The zero-order valence-electron chi connectivity index (χ0n) is 26.5. The molecule has 5 aromatic rings. The monoisotopic (exact) mass is 655 g/mol. The first-order valence-electron chi connectivity index (χ1n) is 15.2. The first-order chi connectivity index (χ1) is 23.3. The number of nitrogens with zero attached hydrogens (tertiary/aromatic N) is 3. The van der Waals surface area contributed by atoms with Crippen LogP contribution in [0.1, 0.15) is 22.3 Å². The fourth-order valence-corrected chi connectivity index (χ4v) is 5.00. The first kappa shape index (κ1) is 33.4. The molecule has 5 aromatic carbocycles. The molecule has 8 heteroatoms. The number of rotatable bonds is 13. The first-order valence-corrected chi connectivity index (χ1v) is 15.5. The van der Waals surface area contributed by atoms with Crippen molar-refractivity contribution in [3.05, 3.63) is 174 Å². The van der Waals surface area contributed by atoms with Gasteiger partial charge < -0.3 is 14.4 Å². The number of ether oxygens (including phenoxy) is 2. The van der Waals surface area contributed by atoms with Crippen LogP contribution >= 0.6 is 11.6 Å². The maximum atomic E-state index is 11.6. The van der Waals surface area contributed by atoms with Crippen molar-refractivity contribution in [2.45, 2.75) is 20.1 Å². The standard InChI is InChI=1S/C40H34ClN3O4/c1-4-39(45)47-27-30-13-20-33(21-14-30)43(34-22-15-31(16-23-34)28-48-40(46)5-2)37-24-17-32(38(41)25-37)26-42-44(35-9-7-6-8-10-35)36-18-11-29(3)12-19-36/h4-26H,1-2,27-28H2,3H3. The van der Waals surface area contributed by atoms with Crippen LogP contribution in [0.4, 0.5) is 28.4 Å². The summed E-state index contributed by atoms with van der Waals surface area (Å²) < 4.78 is 10.4. The lowest BCUT2D eigenvalue weighted by Crippen LogP contribution is -2.11. The van der Waals surface area contributed by atoms with Gasteiger partial charge in [-0.05, 0) is 84.8 Å². The van der Waals surface area contributed by atoms with E-state index in [-0.39, 0.29) is 13.2 Å². The molecular weight excluding hydrogens is 622 g/mol. The van der Waals surface area contributed by atoms with Crippen LogP contribution in [-0.4, -0.2) is 18.2 Å². The van der Waals surface area contributed by atoms with E-state index in [4.69, 9.17) is 26.2 Å². The van der Waals surface area contributed by atoms with Gasteiger partial charge in [-0.25, -0.2) is 14.6 Å². The van der Waals surface area contributed by atoms with Crippen molar-refractivity contribution in [2.75, 3.05) is 9.91 Å². The van der Waals surface area contributed by atoms with Crippen molar-refractivity contribution in [3.8, 4) is 0 Å². The number of carbonyl (C=O) groups excluding carboxylic acids is 2. The number of carbonyl (C=O) groups is 2. The summed E-state index contributed by atoms with van der Waals surface area (Å²) in [4.78, 5) is 25.2. The number of halogens is 1. The largest absolute Gasteiger partial charge is 0.458 e. The summed E-state index contributed by atoms with van der Waals surface area (Å²) in [5.74, 6) is -0.966. The lowest BCUT2D eigenvalue weighted by molar-refractivity contribution is -0.139. The van der Waals surface area contributed by atoms with Crippen molar-refractivity contribution in [1.82, 2.24) is 0 Å². The van der Waals surface area contributed by atoms with Crippen LogP contribution in [0, 0.1) is 6.92 Å². The van der Waals surface area contributed by atoms with E-state index in [1.54, 1.807) is 6.21 Å². The Balaban J connectivity index is 1.46. The van der Waals surface area contributed by atoms with Gasteiger partial charge in [0.25, 0.3) is 0 Å². The Labute approximate surface area is 285 Å². The van der Waals surface area contributed by atoms with Gasteiger partial charge in [0, 0.05) is 34.8 Å². The quantitative estimate of drug-likeness (QED) is 0.0544. The zero-order chi connectivity index (χ0) is 33.9. The molecule has 5 rings (SSSR count). The van der Waals surface area contributed by atoms with E-state index < -0.39 is 11.9 Å². The van der Waals surface area contributed by atoms with E-state index in [9.17, 15) is 9.59 Å². The summed E-state index contributed by atoms with van der Waals surface area (Å²) in [6.45, 7) is 9.19. The summed E-state index contributed by atoms with van der Waals surface area (Å²) in [7, 11) is 0. The SMILES string of the molecule is C=CC(=O)OCc1ccc(N(c2ccc(COC(=O)C=C)cc2)c2ccc(C=NN(c3ccccc3)c3ccc(C)cc3)c(Cl)c2)cc1. The lowest BCUT2D eigenvalue weighted by Gasteiger charge is -2.26. The Kier molecular flexibility index (Phi) is 11.2. The minimum absolute atomic E-state index is 0.131. The van der Waals surface area contributed by atoms with Crippen LogP contribution in [0.2, 0.25) is 5.02 Å². The van der Waals surface area contributed by atoms with Gasteiger partial charge in [-0.15, -0.1) is 0 Å². The third-order valence-electron chi connectivity index (χ3n) is 7.32. The highest BCUT2D eigenvalue weighted by Gasteiger charge is 2.15. The van der Waals surface area contributed by atoms with E-state index in [0.29, 0.717) is 5.02 Å². The minimum atomic E-state index is -0.483. The molecule has 0 fully saturated rings. The summed E-state index contributed by atoms with van der Waals surface area (Å²) in [5.41, 5.74) is 7.92. The summed E-state index contributed by atoms with van der Waals surface area (Å²) in [6, 6.07) is 39.3. The molecular formula is C40H34ClN3O4. The van der Waals surface area contributed by atoms with Crippen molar-refractivity contribution in [2.24, 2.45) is 5.10 Å². The number of para-hydroxylation sites is 1. The van der Waals surface area contributed by atoms with Crippen LogP contribution < -0.4 is 9.91 Å². The Bertz CT molecular complexity index is 1840. The number of hydrazone groups is 1. The second-order valence-corrected chi connectivity index (χ2v) is 11.1. The topological polar surface area (TPSA) is 71.4 Å². The molecule has 0 radical (unpaired) electrons. The second kappa shape index (κ2) is 16.1. The molecule has 0 bridgehead atoms. The van der Waals surface area contributed by atoms with E-state index in [0.717, 1.165) is 62.8 Å². The van der Waals surface area contributed by atoms with Gasteiger partial charge in [0.2, 0.25) is 0 Å². The molecule has 240 valence electrons. The van der Waals surface area contributed by atoms with Crippen LogP contribution in [0.5, 0.6) is 0 Å². The van der Waals surface area contributed by atoms with Gasteiger partial charge in [-0.2, -0.15) is 5.10 Å². The Morgan fingerprint density at radius 2 is 1.15 bits per heavy atom. The maximum absolute atomic E-state index is 11.6. The number of aryl methyl sites for hydroxylation is 1. The number of hydrogen-bond donors (Lipinski definition) is 0. The predicted octanol–water partition coefficient (Wildman–Crippen LogP) is 9.75. The third kappa shape index (κ3) is 8.66. The Morgan fingerprint density at radius 3 is 1.65 bits per heavy atom. The molecule has 0 unspecified atom stereocenters. The fourth-order valence-electron chi connectivity index (χ4n) is 4.77. The average Bonchev–Trinajstić information content (AvgIpc) is 3.12. The van der Waals surface area contributed by atoms with Gasteiger partial charge in [0.15, 0.2) is 0 Å². The molecule has 0 saturated carbocycles.